The molecular formula is C20H16FO5-. The number of aryl methyl sites for hydroxylation is 2. The highest BCUT2D eigenvalue weighted by Gasteiger charge is 2.15. The first-order chi connectivity index (χ1) is 12.4. The Kier molecular flexibility index (Phi) is 4.75. The van der Waals surface area contributed by atoms with Crippen molar-refractivity contribution in [1.29, 1.82) is 0 Å². The topological polar surface area (TPSA) is 79.6 Å². The first-order valence-electron chi connectivity index (χ1n) is 8.00. The number of rotatable bonds is 5. The second kappa shape index (κ2) is 7.00. The molecule has 1 aromatic heterocycles. The number of carboxylic acid groups (broad SMARTS) is 1. The maximum absolute atomic E-state index is 13.0. The van der Waals surface area contributed by atoms with E-state index in [1.54, 1.807) is 38.1 Å². The smallest absolute Gasteiger partial charge is 0.340 e. The molecule has 134 valence electrons. The van der Waals surface area contributed by atoms with Crippen molar-refractivity contribution in [2.24, 2.45) is 0 Å². The van der Waals surface area contributed by atoms with Crippen LogP contribution in [0.5, 0.6) is 5.75 Å². The minimum absolute atomic E-state index is 0.0804. The fraction of sp³-hybridized carbons (Fsp3) is 0.200. The zero-order valence-corrected chi connectivity index (χ0v) is 14.3. The average Bonchev–Trinajstić information content (AvgIpc) is 2.60. The lowest BCUT2D eigenvalue weighted by molar-refractivity contribution is -0.304. The van der Waals surface area contributed by atoms with E-state index in [4.69, 9.17) is 9.15 Å². The summed E-state index contributed by atoms with van der Waals surface area (Å²) in [5, 5.41) is 11.5. The van der Waals surface area contributed by atoms with E-state index in [1.807, 2.05) is 0 Å². The van der Waals surface area contributed by atoms with Gasteiger partial charge in [-0.1, -0.05) is 12.1 Å². The number of hydrogen-bond donors (Lipinski definition) is 0. The van der Waals surface area contributed by atoms with Crippen LogP contribution < -0.4 is 15.5 Å². The van der Waals surface area contributed by atoms with Crippen LogP contribution in [0.4, 0.5) is 4.39 Å². The van der Waals surface area contributed by atoms with Gasteiger partial charge in [-0.3, -0.25) is 0 Å². The fourth-order valence-corrected chi connectivity index (χ4v) is 2.82. The summed E-state index contributed by atoms with van der Waals surface area (Å²) in [6.07, 6.45) is -0.494. The summed E-state index contributed by atoms with van der Waals surface area (Å²) in [5.74, 6) is -1.13. The second-order valence-electron chi connectivity index (χ2n) is 6.02. The van der Waals surface area contributed by atoms with Crippen LogP contribution >= 0.6 is 0 Å². The van der Waals surface area contributed by atoms with Gasteiger partial charge in [0.2, 0.25) is 0 Å². The number of hydrogen-bond acceptors (Lipinski definition) is 5. The molecule has 6 heteroatoms. The number of benzene rings is 2. The number of fused-ring (bicyclic) bond motifs is 1. The van der Waals surface area contributed by atoms with E-state index >= 15 is 0 Å². The van der Waals surface area contributed by atoms with Crippen LogP contribution in [0.1, 0.15) is 22.3 Å². The molecular weight excluding hydrogens is 339 g/mol. The predicted octanol–water partition coefficient (Wildman–Crippen LogP) is 2.42. The molecule has 0 saturated heterocycles. The van der Waals surface area contributed by atoms with Crippen LogP contribution in [0.2, 0.25) is 0 Å². The van der Waals surface area contributed by atoms with E-state index < -0.39 is 18.0 Å². The van der Waals surface area contributed by atoms with Crippen molar-refractivity contribution in [3.8, 4) is 5.75 Å². The normalized spacial score (nSPS) is 10.9. The molecule has 3 aromatic rings. The molecule has 0 aliphatic heterocycles. The molecule has 0 amide bonds. The molecule has 3 rings (SSSR count). The van der Waals surface area contributed by atoms with Crippen LogP contribution in [-0.2, 0) is 17.8 Å². The summed E-state index contributed by atoms with van der Waals surface area (Å²) in [6.45, 7) is 3.66. The van der Waals surface area contributed by atoms with Crippen molar-refractivity contribution < 1.29 is 23.4 Å². The summed E-state index contributed by atoms with van der Waals surface area (Å²) in [7, 11) is 0. The number of carbonyl (C=O) groups is 1. The zero-order valence-electron chi connectivity index (χ0n) is 14.3. The van der Waals surface area contributed by atoms with Gasteiger partial charge < -0.3 is 19.1 Å². The largest absolute Gasteiger partial charge is 0.550 e. The molecule has 0 bridgehead atoms. The minimum Gasteiger partial charge on any atom is -0.550 e. The number of carbonyl (C=O) groups excluding carboxylic acids is 1. The quantitative estimate of drug-likeness (QED) is 0.657. The van der Waals surface area contributed by atoms with Crippen molar-refractivity contribution in [3.05, 3.63) is 74.9 Å². The third kappa shape index (κ3) is 3.44. The van der Waals surface area contributed by atoms with Gasteiger partial charge in [-0.2, -0.15) is 0 Å². The van der Waals surface area contributed by atoms with Crippen LogP contribution in [0.25, 0.3) is 11.0 Å². The van der Waals surface area contributed by atoms with Crippen LogP contribution in [0.15, 0.2) is 45.6 Å². The highest BCUT2D eigenvalue weighted by molar-refractivity contribution is 5.86. The highest BCUT2D eigenvalue weighted by atomic mass is 19.1. The molecule has 0 aliphatic carbocycles. The second-order valence-corrected chi connectivity index (χ2v) is 6.02. The highest BCUT2D eigenvalue weighted by Crippen LogP contribution is 2.30. The Morgan fingerprint density at radius 1 is 1.12 bits per heavy atom. The molecule has 0 aliphatic rings. The maximum atomic E-state index is 13.0. The lowest BCUT2D eigenvalue weighted by atomic mass is 10.0. The van der Waals surface area contributed by atoms with Gasteiger partial charge in [-0.05, 0) is 49.2 Å². The van der Waals surface area contributed by atoms with E-state index in [2.05, 4.69) is 0 Å². The van der Waals surface area contributed by atoms with Gasteiger partial charge >= 0.3 is 5.63 Å². The Labute approximate surface area is 148 Å². The molecule has 0 N–H and O–H groups in total. The maximum Gasteiger partial charge on any atom is 0.340 e. The van der Waals surface area contributed by atoms with Gasteiger partial charge in [-0.15, -0.1) is 0 Å². The summed E-state index contributed by atoms with van der Waals surface area (Å²) in [6, 6.07) is 9.42. The third-order valence-corrected chi connectivity index (χ3v) is 4.28. The van der Waals surface area contributed by atoms with Gasteiger partial charge in [0.15, 0.2) is 0 Å². The van der Waals surface area contributed by atoms with Crippen molar-refractivity contribution in [1.82, 2.24) is 0 Å². The Balaban J connectivity index is 1.96. The van der Waals surface area contributed by atoms with Crippen molar-refractivity contribution in [2.75, 3.05) is 0 Å². The van der Waals surface area contributed by atoms with Crippen molar-refractivity contribution >= 4 is 16.9 Å². The molecule has 0 atom stereocenters. The SMILES string of the molecule is Cc1c(CC(=O)[O-])c(=O)oc2c(C)c(OCc3ccc(F)cc3)ccc12. The zero-order chi connectivity index (χ0) is 18.8. The number of aliphatic carboxylic acids is 1. The molecule has 5 nitrogen and oxygen atoms in total. The molecule has 1 heterocycles. The monoisotopic (exact) mass is 355 g/mol. The minimum atomic E-state index is -1.34. The Morgan fingerprint density at radius 3 is 2.46 bits per heavy atom. The molecule has 0 fully saturated rings. The van der Waals surface area contributed by atoms with E-state index in [0.29, 0.717) is 27.8 Å². The van der Waals surface area contributed by atoms with Crippen LogP contribution in [0, 0.1) is 19.7 Å². The molecule has 0 unspecified atom stereocenters. The van der Waals surface area contributed by atoms with Crippen LogP contribution in [0.3, 0.4) is 0 Å². The van der Waals surface area contributed by atoms with Gasteiger partial charge in [0.05, 0.1) is 0 Å². The molecule has 0 spiro atoms. The fourth-order valence-electron chi connectivity index (χ4n) is 2.82. The first kappa shape index (κ1) is 17.7. The average molecular weight is 355 g/mol. The molecule has 0 radical (unpaired) electrons. The number of carboxylic acids is 1. The summed E-state index contributed by atoms with van der Waals surface area (Å²) in [4.78, 5) is 23.0. The van der Waals surface area contributed by atoms with E-state index in [-0.39, 0.29) is 18.0 Å². The summed E-state index contributed by atoms with van der Waals surface area (Å²) in [5.41, 5.74) is 1.72. The van der Waals surface area contributed by atoms with E-state index in [9.17, 15) is 19.1 Å². The van der Waals surface area contributed by atoms with Gasteiger partial charge in [0.25, 0.3) is 0 Å². The Hall–Kier alpha value is -3.15. The standard InChI is InChI=1S/C20H17FO5/c1-11-15-7-8-17(25-10-13-3-5-14(21)6-4-13)12(2)19(15)26-20(24)16(11)9-18(22)23/h3-8H,9-10H2,1-2H3,(H,22,23)/p-1. The van der Waals surface area contributed by atoms with Gasteiger partial charge in [0.1, 0.15) is 23.8 Å². The molecule has 26 heavy (non-hydrogen) atoms. The molecule has 2 aromatic carbocycles. The lowest BCUT2D eigenvalue weighted by Crippen LogP contribution is -2.27. The first-order valence-corrected chi connectivity index (χ1v) is 8.00. The lowest BCUT2D eigenvalue weighted by Gasteiger charge is -2.13. The van der Waals surface area contributed by atoms with Crippen LogP contribution in [-0.4, -0.2) is 5.97 Å². The predicted molar refractivity (Wildman–Crippen MR) is 91.4 cm³/mol. The van der Waals surface area contributed by atoms with E-state index in [1.165, 1.54) is 12.1 Å². The molecule has 0 saturated carbocycles. The van der Waals surface area contributed by atoms with Gasteiger partial charge in [-0.25, -0.2) is 9.18 Å². The third-order valence-electron chi connectivity index (χ3n) is 4.28. The summed E-state index contributed by atoms with van der Waals surface area (Å²) >= 11 is 0. The Bertz CT molecular complexity index is 1030. The van der Waals surface area contributed by atoms with Gasteiger partial charge in [0, 0.05) is 28.9 Å². The number of halogens is 1. The number of ether oxygens (including phenoxy) is 1. The van der Waals surface area contributed by atoms with Crippen molar-refractivity contribution in [2.45, 2.75) is 26.9 Å². The summed E-state index contributed by atoms with van der Waals surface area (Å²) < 4.78 is 24.0. The van der Waals surface area contributed by atoms with Crippen molar-refractivity contribution in [3.63, 3.8) is 0 Å². The Morgan fingerprint density at radius 2 is 1.81 bits per heavy atom. The van der Waals surface area contributed by atoms with E-state index in [0.717, 1.165) is 5.56 Å².